The lowest BCUT2D eigenvalue weighted by Gasteiger charge is -2.29. The normalized spacial score (nSPS) is 12.9. The van der Waals surface area contributed by atoms with E-state index in [4.69, 9.17) is 4.74 Å². The summed E-state index contributed by atoms with van der Waals surface area (Å²) in [5, 5.41) is 2.93. The van der Waals surface area contributed by atoms with E-state index in [9.17, 15) is 9.59 Å². The number of carbonyl (C=O) groups is 2. The van der Waals surface area contributed by atoms with Gasteiger partial charge in [0, 0.05) is 15.7 Å². The van der Waals surface area contributed by atoms with Crippen molar-refractivity contribution in [1.82, 2.24) is 0 Å². The summed E-state index contributed by atoms with van der Waals surface area (Å²) >= 11 is 3.42. The highest BCUT2D eigenvalue weighted by Gasteiger charge is 2.25. The lowest BCUT2D eigenvalue weighted by Crippen LogP contribution is -2.38. The average Bonchev–Trinajstić information content (AvgIpc) is 2.72. The Balaban J connectivity index is 1.48. The molecule has 0 spiro atoms. The summed E-state index contributed by atoms with van der Waals surface area (Å²) in [6, 6.07) is 20.5. The molecule has 0 aliphatic carbocycles. The maximum atomic E-state index is 12.6. The second kappa shape index (κ2) is 8.09. The second-order valence-electron chi connectivity index (χ2n) is 6.85. The van der Waals surface area contributed by atoms with Gasteiger partial charge in [0.15, 0.2) is 6.61 Å². The van der Waals surface area contributed by atoms with Gasteiger partial charge in [-0.15, -0.1) is 0 Å². The lowest BCUT2D eigenvalue weighted by atomic mass is 10.1. The number of benzene rings is 3. The molecule has 1 heterocycles. The molecular formula is C23H19BrN2O3. The van der Waals surface area contributed by atoms with E-state index < -0.39 is 0 Å². The summed E-state index contributed by atoms with van der Waals surface area (Å²) in [6.45, 7) is 2.40. The number of fused-ring (bicyclic) bond motifs is 1. The Morgan fingerprint density at radius 1 is 1.10 bits per heavy atom. The van der Waals surface area contributed by atoms with E-state index in [2.05, 4.69) is 21.2 Å². The molecule has 6 heteroatoms. The van der Waals surface area contributed by atoms with Crippen LogP contribution in [0.3, 0.4) is 0 Å². The van der Waals surface area contributed by atoms with Gasteiger partial charge in [-0.25, -0.2) is 0 Å². The molecule has 0 saturated heterocycles. The van der Waals surface area contributed by atoms with Crippen LogP contribution in [-0.4, -0.2) is 18.4 Å². The van der Waals surface area contributed by atoms with Crippen molar-refractivity contribution >= 4 is 39.1 Å². The van der Waals surface area contributed by atoms with Gasteiger partial charge in [0.05, 0.1) is 12.2 Å². The number of amides is 2. The van der Waals surface area contributed by atoms with Gasteiger partial charge in [-0.3, -0.25) is 9.59 Å². The summed E-state index contributed by atoms with van der Waals surface area (Å²) in [7, 11) is 0. The quantitative estimate of drug-likeness (QED) is 0.612. The number of halogens is 1. The third-order valence-electron chi connectivity index (χ3n) is 4.80. The highest BCUT2D eigenvalue weighted by molar-refractivity contribution is 9.10. The van der Waals surface area contributed by atoms with Crippen LogP contribution < -0.4 is 15.0 Å². The number of hydrogen-bond donors (Lipinski definition) is 1. The number of nitrogens with one attached hydrogen (secondary N) is 1. The summed E-state index contributed by atoms with van der Waals surface area (Å²) in [5.41, 5.74) is 4.01. The van der Waals surface area contributed by atoms with Crippen LogP contribution in [0, 0.1) is 6.92 Å². The molecule has 3 aromatic rings. The van der Waals surface area contributed by atoms with Gasteiger partial charge in [-0.1, -0.05) is 40.2 Å². The molecule has 0 unspecified atom stereocenters. The molecule has 2 amide bonds. The van der Waals surface area contributed by atoms with Crippen LogP contribution in [0.1, 0.15) is 21.5 Å². The Labute approximate surface area is 177 Å². The predicted octanol–water partition coefficient (Wildman–Crippen LogP) is 4.94. The maximum absolute atomic E-state index is 12.6. The van der Waals surface area contributed by atoms with E-state index in [1.54, 1.807) is 17.0 Å². The van der Waals surface area contributed by atoms with Crippen molar-refractivity contribution in [1.29, 1.82) is 0 Å². The molecule has 146 valence electrons. The lowest BCUT2D eigenvalue weighted by molar-refractivity contribution is -0.121. The fourth-order valence-corrected chi connectivity index (χ4v) is 3.71. The molecular weight excluding hydrogens is 432 g/mol. The Morgan fingerprint density at radius 2 is 1.86 bits per heavy atom. The average molecular weight is 451 g/mol. The molecule has 0 bridgehead atoms. The molecule has 0 fully saturated rings. The van der Waals surface area contributed by atoms with E-state index in [0.29, 0.717) is 17.9 Å². The molecule has 0 atom stereocenters. The molecule has 0 aromatic heterocycles. The predicted molar refractivity (Wildman–Crippen MR) is 116 cm³/mol. The van der Waals surface area contributed by atoms with E-state index in [1.165, 1.54) is 0 Å². The summed E-state index contributed by atoms with van der Waals surface area (Å²) in [4.78, 5) is 26.6. The van der Waals surface area contributed by atoms with E-state index in [0.717, 1.165) is 27.0 Å². The zero-order valence-corrected chi connectivity index (χ0v) is 17.4. The Hall–Kier alpha value is -3.12. The van der Waals surface area contributed by atoms with Crippen molar-refractivity contribution in [3.63, 3.8) is 0 Å². The van der Waals surface area contributed by atoms with Crippen LogP contribution in [0.4, 0.5) is 11.4 Å². The number of carbonyl (C=O) groups excluding carboxylic acids is 2. The third kappa shape index (κ3) is 4.17. The topological polar surface area (TPSA) is 58.6 Å². The SMILES string of the molecule is Cc1cc(Br)ccc1NC(=O)c1ccc(CN2C(=O)COc3ccccc32)cc1. The summed E-state index contributed by atoms with van der Waals surface area (Å²) in [5.74, 6) is 0.443. The van der Waals surface area contributed by atoms with Crippen molar-refractivity contribution in [2.75, 3.05) is 16.8 Å². The van der Waals surface area contributed by atoms with Crippen LogP contribution in [0.15, 0.2) is 71.2 Å². The minimum absolute atomic E-state index is 0.0318. The Kier molecular flexibility index (Phi) is 5.36. The number of hydrogen-bond acceptors (Lipinski definition) is 3. The minimum atomic E-state index is -0.172. The highest BCUT2D eigenvalue weighted by atomic mass is 79.9. The monoisotopic (exact) mass is 450 g/mol. The minimum Gasteiger partial charge on any atom is -0.482 e. The first-order chi connectivity index (χ1) is 14.0. The zero-order chi connectivity index (χ0) is 20.4. The first-order valence-electron chi connectivity index (χ1n) is 9.20. The fraction of sp³-hybridized carbons (Fsp3) is 0.130. The zero-order valence-electron chi connectivity index (χ0n) is 15.8. The molecule has 0 radical (unpaired) electrons. The number of ether oxygens (including phenoxy) is 1. The first-order valence-corrected chi connectivity index (χ1v) is 9.99. The Bertz CT molecular complexity index is 1080. The second-order valence-corrected chi connectivity index (χ2v) is 7.76. The highest BCUT2D eigenvalue weighted by Crippen LogP contribution is 2.32. The molecule has 0 saturated carbocycles. The van der Waals surface area contributed by atoms with Crippen LogP contribution in [-0.2, 0) is 11.3 Å². The molecule has 29 heavy (non-hydrogen) atoms. The smallest absolute Gasteiger partial charge is 0.265 e. The maximum Gasteiger partial charge on any atom is 0.265 e. The number of para-hydroxylation sites is 2. The molecule has 5 nitrogen and oxygen atoms in total. The number of rotatable bonds is 4. The first kappa shape index (κ1) is 19.2. The van der Waals surface area contributed by atoms with Crippen molar-refractivity contribution in [3.05, 3.63) is 87.9 Å². The van der Waals surface area contributed by atoms with Gasteiger partial charge in [-0.2, -0.15) is 0 Å². The van der Waals surface area contributed by atoms with Crippen LogP contribution in [0.2, 0.25) is 0 Å². The molecule has 1 aliphatic rings. The van der Waals surface area contributed by atoms with Crippen LogP contribution in [0.5, 0.6) is 5.75 Å². The van der Waals surface area contributed by atoms with E-state index in [-0.39, 0.29) is 18.4 Å². The van der Waals surface area contributed by atoms with Crippen LogP contribution in [0.25, 0.3) is 0 Å². The fourth-order valence-electron chi connectivity index (χ4n) is 3.23. The van der Waals surface area contributed by atoms with Gasteiger partial charge < -0.3 is 15.0 Å². The van der Waals surface area contributed by atoms with Gasteiger partial charge in [0.25, 0.3) is 11.8 Å². The Morgan fingerprint density at radius 3 is 2.62 bits per heavy atom. The molecule has 4 rings (SSSR count). The standard InChI is InChI=1S/C23H19BrN2O3/c1-15-12-18(24)10-11-19(15)25-23(28)17-8-6-16(7-9-17)13-26-20-4-2-3-5-21(20)29-14-22(26)27/h2-12H,13-14H2,1H3,(H,25,28). The van der Waals surface area contributed by atoms with Crippen molar-refractivity contribution < 1.29 is 14.3 Å². The number of nitrogens with zero attached hydrogens (tertiary/aromatic N) is 1. The molecule has 3 aromatic carbocycles. The van der Waals surface area contributed by atoms with Crippen molar-refractivity contribution in [2.24, 2.45) is 0 Å². The van der Waals surface area contributed by atoms with Gasteiger partial charge >= 0.3 is 0 Å². The number of anilines is 2. The van der Waals surface area contributed by atoms with E-state index >= 15 is 0 Å². The van der Waals surface area contributed by atoms with Gasteiger partial charge in [0.2, 0.25) is 0 Å². The summed E-state index contributed by atoms with van der Waals surface area (Å²) in [6.07, 6.45) is 0. The molecule has 1 N–H and O–H groups in total. The third-order valence-corrected chi connectivity index (χ3v) is 5.29. The molecule has 1 aliphatic heterocycles. The van der Waals surface area contributed by atoms with Crippen molar-refractivity contribution in [3.8, 4) is 5.75 Å². The van der Waals surface area contributed by atoms with Gasteiger partial charge in [0.1, 0.15) is 5.75 Å². The van der Waals surface area contributed by atoms with Gasteiger partial charge in [-0.05, 0) is 60.5 Å². The van der Waals surface area contributed by atoms with E-state index in [1.807, 2.05) is 61.5 Å². The van der Waals surface area contributed by atoms with Crippen molar-refractivity contribution in [2.45, 2.75) is 13.5 Å². The largest absolute Gasteiger partial charge is 0.482 e. The summed E-state index contributed by atoms with van der Waals surface area (Å²) < 4.78 is 6.45. The van der Waals surface area contributed by atoms with Crippen LogP contribution >= 0.6 is 15.9 Å². The number of aryl methyl sites for hydroxylation is 1.